The van der Waals surface area contributed by atoms with Crippen LogP contribution in [-0.4, -0.2) is 45.9 Å². The lowest BCUT2D eigenvalue weighted by molar-refractivity contribution is -0.118. The molecule has 3 aromatic rings. The summed E-state index contributed by atoms with van der Waals surface area (Å²) in [5, 5.41) is 11.1. The van der Waals surface area contributed by atoms with Gasteiger partial charge >= 0.3 is 0 Å². The second-order valence-corrected chi connectivity index (χ2v) is 8.16. The van der Waals surface area contributed by atoms with E-state index in [-0.39, 0.29) is 18.9 Å². The molecule has 33 heavy (non-hydrogen) atoms. The molecule has 2 aromatic carbocycles. The first-order chi connectivity index (χ1) is 16.1. The monoisotopic (exact) mass is 465 g/mol. The second-order valence-electron chi connectivity index (χ2n) is 7.76. The van der Waals surface area contributed by atoms with Crippen LogP contribution < -0.4 is 10.2 Å². The first kappa shape index (κ1) is 23.0. The Kier molecular flexibility index (Phi) is 7.41. The molecule has 1 aliphatic rings. The molecule has 0 saturated carbocycles. The molecule has 0 unspecified atom stereocenters. The number of benzene rings is 2. The zero-order chi connectivity index (χ0) is 23.2. The molecule has 1 aromatic heterocycles. The number of carbonyl (C=O) groups excluding carboxylic acids is 2. The fraction of sp³-hybridized carbons (Fsp3) is 0.333. The average Bonchev–Trinajstić information content (AvgIpc) is 3.22. The number of aromatic nitrogens is 3. The Bertz CT molecular complexity index is 1150. The van der Waals surface area contributed by atoms with E-state index in [1.807, 2.05) is 53.2 Å². The van der Waals surface area contributed by atoms with Crippen molar-refractivity contribution >= 4 is 29.5 Å². The molecule has 1 aliphatic heterocycles. The normalized spacial score (nSPS) is 12.2. The maximum absolute atomic E-state index is 13.2. The third kappa shape index (κ3) is 5.09. The van der Waals surface area contributed by atoms with Crippen LogP contribution in [0.5, 0.6) is 0 Å². The van der Waals surface area contributed by atoms with E-state index in [9.17, 15) is 9.59 Å². The highest BCUT2D eigenvalue weighted by molar-refractivity contribution is 7.96. The van der Waals surface area contributed by atoms with Crippen molar-refractivity contribution in [3.8, 4) is 22.5 Å². The zero-order valence-electron chi connectivity index (χ0n) is 18.5. The van der Waals surface area contributed by atoms with E-state index in [2.05, 4.69) is 35.2 Å². The molecule has 172 valence electrons. The minimum absolute atomic E-state index is 0.0943. The number of anilines is 1. The summed E-state index contributed by atoms with van der Waals surface area (Å²) >= 11 is 3.71. The van der Waals surface area contributed by atoms with Gasteiger partial charge in [0, 0.05) is 30.7 Å². The smallest absolute Gasteiger partial charge is 0.275 e. The van der Waals surface area contributed by atoms with E-state index in [0.717, 1.165) is 40.2 Å². The summed E-state index contributed by atoms with van der Waals surface area (Å²) in [6, 6.07) is 15.7. The minimum atomic E-state index is -0.453. The van der Waals surface area contributed by atoms with Gasteiger partial charge in [-0.25, -0.2) is 4.68 Å². The number of carbonyl (C=O) groups is 2. The van der Waals surface area contributed by atoms with Crippen LogP contribution in [0, 0.1) is 0 Å². The molecule has 8 nitrogen and oxygen atoms in total. The minimum Gasteiger partial charge on any atom is -0.380 e. The van der Waals surface area contributed by atoms with Crippen LogP contribution in [0.4, 0.5) is 10.5 Å². The summed E-state index contributed by atoms with van der Waals surface area (Å²) in [6.45, 7) is 4.55. The van der Waals surface area contributed by atoms with Gasteiger partial charge in [0.05, 0.1) is 31.1 Å². The molecule has 0 radical (unpaired) electrons. The summed E-state index contributed by atoms with van der Waals surface area (Å²) in [5.41, 5.74) is 5.25. The fourth-order valence-electron chi connectivity index (χ4n) is 4.00. The van der Waals surface area contributed by atoms with Crippen molar-refractivity contribution in [2.24, 2.45) is 0 Å². The van der Waals surface area contributed by atoms with Gasteiger partial charge < -0.3 is 15.0 Å². The molecule has 0 atom stereocenters. The Morgan fingerprint density at radius 3 is 2.64 bits per heavy atom. The highest BCUT2D eigenvalue weighted by atomic mass is 32.1. The summed E-state index contributed by atoms with van der Waals surface area (Å²) in [4.78, 5) is 26.1. The van der Waals surface area contributed by atoms with Crippen LogP contribution in [-0.2, 0) is 22.6 Å². The van der Waals surface area contributed by atoms with Gasteiger partial charge in [0.15, 0.2) is 0 Å². The van der Waals surface area contributed by atoms with Gasteiger partial charge in [-0.1, -0.05) is 67.2 Å². The highest BCUT2D eigenvalue weighted by Gasteiger charge is 2.28. The summed E-state index contributed by atoms with van der Waals surface area (Å²) < 4.78 is 7.58. The molecule has 0 saturated heterocycles. The van der Waals surface area contributed by atoms with E-state index in [1.54, 1.807) is 4.90 Å². The van der Waals surface area contributed by atoms with Crippen LogP contribution in [0.3, 0.4) is 0 Å². The number of hydrogen-bond acceptors (Lipinski definition) is 5. The van der Waals surface area contributed by atoms with Crippen LogP contribution in [0.2, 0.25) is 0 Å². The maximum atomic E-state index is 13.2. The third-order valence-corrected chi connectivity index (χ3v) is 5.66. The van der Waals surface area contributed by atoms with E-state index in [0.29, 0.717) is 26.3 Å². The van der Waals surface area contributed by atoms with E-state index < -0.39 is 5.24 Å². The number of para-hydroxylation sites is 1. The third-order valence-electron chi connectivity index (χ3n) is 5.50. The van der Waals surface area contributed by atoms with E-state index >= 15 is 0 Å². The van der Waals surface area contributed by atoms with Gasteiger partial charge in [-0.2, -0.15) is 0 Å². The van der Waals surface area contributed by atoms with Crippen molar-refractivity contribution in [1.29, 1.82) is 0 Å². The number of ether oxygens (including phenoxy) is 1. The van der Waals surface area contributed by atoms with Crippen molar-refractivity contribution in [1.82, 2.24) is 20.3 Å². The molecule has 2 heterocycles. The molecule has 4 rings (SSSR count). The lowest BCUT2D eigenvalue weighted by Crippen LogP contribution is -2.34. The molecular formula is C24H27N5O3S. The fourth-order valence-corrected chi connectivity index (χ4v) is 4.11. The molecule has 2 amide bonds. The van der Waals surface area contributed by atoms with Gasteiger partial charge in [-0.05, 0) is 18.1 Å². The first-order valence-corrected chi connectivity index (χ1v) is 11.5. The molecule has 9 heteroatoms. The van der Waals surface area contributed by atoms with Gasteiger partial charge in [0.2, 0.25) is 5.91 Å². The van der Waals surface area contributed by atoms with Crippen LogP contribution in [0.1, 0.15) is 25.3 Å². The van der Waals surface area contributed by atoms with Crippen molar-refractivity contribution < 1.29 is 14.3 Å². The van der Waals surface area contributed by atoms with Crippen LogP contribution >= 0.6 is 12.6 Å². The predicted octanol–water partition coefficient (Wildman–Crippen LogP) is 3.91. The molecule has 0 fully saturated rings. The number of hydrogen-bond donors (Lipinski definition) is 2. The maximum Gasteiger partial charge on any atom is 0.275 e. The Morgan fingerprint density at radius 2 is 1.85 bits per heavy atom. The SMILES string of the molecule is CCCOCCn1nnc2c1-c1ccccc1CN(C(=O)CCNC(=O)S)c1ccccc1-2. The van der Waals surface area contributed by atoms with Gasteiger partial charge in [0.25, 0.3) is 5.24 Å². The van der Waals surface area contributed by atoms with E-state index in [4.69, 9.17) is 4.74 Å². The number of nitrogens with zero attached hydrogens (tertiary/aromatic N) is 4. The lowest BCUT2D eigenvalue weighted by atomic mass is 9.95. The molecule has 0 bridgehead atoms. The molecule has 0 aliphatic carbocycles. The van der Waals surface area contributed by atoms with Gasteiger partial charge in [-0.3, -0.25) is 9.59 Å². The average molecular weight is 466 g/mol. The van der Waals surface area contributed by atoms with Crippen LogP contribution in [0.15, 0.2) is 48.5 Å². The first-order valence-electron chi connectivity index (χ1n) is 11.1. The number of rotatable bonds is 8. The Morgan fingerprint density at radius 1 is 1.09 bits per heavy atom. The Hall–Kier alpha value is -3.17. The lowest BCUT2D eigenvalue weighted by Gasteiger charge is -2.28. The predicted molar refractivity (Wildman–Crippen MR) is 130 cm³/mol. The molecular weight excluding hydrogens is 438 g/mol. The summed E-state index contributed by atoms with van der Waals surface area (Å²) in [7, 11) is 0. The Labute approximate surface area is 198 Å². The highest BCUT2D eigenvalue weighted by Crippen LogP contribution is 2.41. The van der Waals surface area contributed by atoms with Gasteiger partial charge in [0.1, 0.15) is 5.69 Å². The van der Waals surface area contributed by atoms with E-state index in [1.165, 1.54) is 0 Å². The molecule has 1 N–H and O–H groups in total. The number of amides is 2. The van der Waals surface area contributed by atoms with Crippen molar-refractivity contribution in [3.63, 3.8) is 0 Å². The quantitative estimate of drug-likeness (QED) is 0.389. The molecule has 0 spiro atoms. The van der Waals surface area contributed by atoms with Crippen molar-refractivity contribution in [2.75, 3.05) is 24.7 Å². The van der Waals surface area contributed by atoms with Crippen molar-refractivity contribution in [2.45, 2.75) is 32.9 Å². The van der Waals surface area contributed by atoms with Crippen molar-refractivity contribution in [3.05, 3.63) is 54.1 Å². The Balaban J connectivity index is 1.77. The standard InChI is InChI=1S/C24H27N5O3S/c1-2-14-32-15-13-29-23-18-8-4-3-7-17(18)16-28(21(30)11-12-25-24(31)33)20-10-6-5-9-19(20)22(23)26-27-29/h3-10H,2,11-16H2,1H3,(H2,25,31,33). The number of nitrogens with one attached hydrogen (secondary N) is 1. The summed E-state index contributed by atoms with van der Waals surface area (Å²) in [5.74, 6) is -0.0943. The second kappa shape index (κ2) is 10.6. The van der Waals surface area contributed by atoms with Crippen LogP contribution in [0.25, 0.3) is 22.5 Å². The largest absolute Gasteiger partial charge is 0.380 e. The number of thiol groups is 1. The zero-order valence-corrected chi connectivity index (χ0v) is 19.4. The topological polar surface area (TPSA) is 89.3 Å². The number of fused-ring (bicyclic) bond motifs is 5. The summed E-state index contributed by atoms with van der Waals surface area (Å²) in [6.07, 6.45) is 1.13. The van der Waals surface area contributed by atoms with Gasteiger partial charge in [-0.15, -0.1) is 5.10 Å².